The lowest BCUT2D eigenvalue weighted by atomic mass is 10.0. The first-order chi connectivity index (χ1) is 12.6. The Morgan fingerprint density at radius 2 is 1.96 bits per heavy atom. The van der Waals surface area contributed by atoms with E-state index in [4.69, 9.17) is 32.7 Å². The Morgan fingerprint density at radius 1 is 1.12 bits per heavy atom. The maximum Gasteiger partial charge on any atom is 0.319 e. The van der Waals surface area contributed by atoms with Crippen LogP contribution in [-0.4, -0.2) is 25.8 Å². The molecule has 136 valence electrons. The SMILES string of the molecule is O=C(NCCc1ccc(Cl)cc1Cl)Nc1c2c(cc3c1OCC3)OCC2. The Bertz CT molecular complexity index is 838. The summed E-state index contributed by atoms with van der Waals surface area (Å²) in [6.07, 6.45) is 2.22. The zero-order chi connectivity index (χ0) is 18.1. The summed E-state index contributed by atoms with van der Waals surface area (Å²) in [6.45, 7) is 1.72. The fourth-order valence-corrected chi connectivity index (χ4v) is 3.81. The summed E-state index contributed by atoms with van der Waals surface area (Å²) < 4.78 is 11.4. The van der Waals surface area contributed by atoms with E-state index >= 15 is 0 Å². The van der Waals surface area contributed by atoms with Crippen molar-refractivity contribution in [3.63, 3.8) is 0 Å². The summed E-state index contributed by atoms with van der Waals surface area (Å²) in [5, 5.41) is 7.01. The number of rotatable bonds is 4. The second-order valence-corrected chi connectivity index (χ2v) is 7.12. The number of carbonyl (C=O) groups excluding carboxylic acids is 1. The lowest BCUT2D eigenvalue weighted by molar-refractivity contribution is 0.252. The molecule has 7 heteroatoms. The van der Waals surface area contributed by atoms with Gasteiger partial charge in [-0.1, -0.05) is 29.3 Å². The molecule has 0 aromatic heterocycles. The molecule has 0 radical (unpaired) electrons. The van der Waals surface area contributed by atoms with Gasteiger partial charge < -0.3 is 20.1 Å². The Balaban J connectivity index is 1.41. The minimum atomic E-state index is -0.270. The van der Waals surface area contributed by atoms with Gasteiger partial charge in [-0.3, -0.25) is 0 Å². The molecule has 2 amide bonds. The standard InChI is InChI=1S/C19H18Cl2N2O3/c20-13-2-1-11(15(21)10-13)3-6-22-19(24)23-17-14-5-8-25-16(14)9-12-4-7-26-18(12)17/h1-2,9-10H,3-8H2,(H2,22,23,24). The van der Waals surface area contributed by atoms with E-state index in [1.165, 1.54) is 0 Å². The first kappa shape index (κ1) is 17.3. The molecule has 2 aliphatic heterocycles. The van der Waals surface area contributed by atoms with Crippen LogP contribution >= 0.6 is 23.2 Å². The van der Waals surface area contributed by atoms with E-state index in [1.54, 1.807) is 12.1 Å². The van der Waals surface area contributed by atoms with Crippen molar-refractivity contribution in [3.05, 3.63) is 51.0 Å². The number of hydrogen-bond donors (Lipinski definition) is 2. The lowest BCUT2D eigenvalue weighted by Crippen LogP contribution is -2.31. The summed E-state index contributed by atoms with van der Waals surface area (Å²) in [5.74, 6) is 1.61. The highest BCUT2D eigenvalue weighted by Crippen LogP contribution is 2.44. The fraction of sp³-hybridized carbons (Fsp3) is 0.316. The van der Waals surface area contributed by atoms with Gasteiger partial charge in [-0.05, 0) is 30.2 Å². The first-order valence-electron chi connectivity index (χ1n) is 8.55. The fourth-order valence-electron chi connectivity index (χ4n) is 3.31. The lowest BCUT2D eigenvalue weighted by Gasteiger charge is -2.14. The molecule has 0 unspecified atom stereocenters. The van der Waals surface area contributed by atoms with Gasteiger partial charge in [0.05, 0.1) is 18.9 Å². The molecule has 26 heavy (non-hydrogen) atoms. The van der Waals surface area contributed by atoms with Gasteiger partial charge in [0.15, 0.2) is 0 Å². The molecule has 0 spiro atoms. The number of carbonyl (C=O) groups is 1. The van der Waals surface area contributed by atoms with Gasteiger partial charge in [0.1, 0.15) is 11.5 Å². The molecular weight excluding hydrogens is 375 g/mol. The molecule has 2 aliphatic rings. The van der Waals surface area contributed by atoms with Crippen LogP contribution in [0, 0.1) is 0 Å². The van der Waals surface area contributed by atoms with E-state index < -0.39 is 0 Å². The molecular formula is C19H18Cl2N2O3. The van der Waals surface area contributed by atoms with Crippen LogP contribution in [-0.2, 0) is 19.3 Å². The minimum Gasteiger partial charge on any atom is -0.493 e. The molecule has 5 nitrogen and oxygen atoms in total. The van der Waals surface area contributed by atoms with Crippen LogP contribution in [0.25, 0.3) is 0 Å². The number of hydrogen-bond acceptors (Lipinski definition) is 3. The van der Waals surface area contributed by atoms with Gasteiger partial charge in [-0.2, -0.15) is 0 Å². The van der Waals surface area contributed by atoms with E-state index in [2.05, 4.69) is 10.6 Å². The summed E-state index contributed by atoms with van der Waals surface area (Å²) in [5.41, 5.74) is 3.75. The molecule has 2 aromatic carbocycles. The predicted octanol–water partition coefficient (Wildman–Crippen LogP) is 4.23. The maximum absolute atomic E-state index is 12.4. The van der Waals surface area contributed by atoms with Crippen molar-refractivity contribution in [2.24, 2.45) is 0 Å². The summed E-state index contributed by atoms with van der Waals surface area (Å²) in [7, 11) is 0. The summed E-state index contributed by atoms with van der Waals surface area (Å²) in [6, 6.07) is 7.11. The zero-order valence-electron chi connectivity index (χ0n) is 14.0. The van der Waals surface area contributed by atoms with Gasteiger partial charge in [-0.25, -0.2) is 4.79 Å². The van der Waals surface area contributed by atoms with E-state index in [9.17, 15) is 4.79 Å². The summed E-state index contributed by atoms with van der Waals surface area (Å²) >= 11 is 12.1. The predicted molar refractivity (Wildman–Crippen MR) is 102 cm³/mol. The van der Waals surface area contributed by atoms with Crippen LogP contribution in [0.4, 0.5) is 10.5 Å². The smallest absolute Gasteiger partial charge is 0.319 e. The number of ether oxygens (including phenoxy) is 2. The van der Waals surface area contributed by atoms with Crippen molar-refractivity contribution in [1.29, 1.82) is 0 Å². The van der Waals surface area contributed by atoms with Crippen molar-refractivity contribution >= 4 is 34.9 Å². The quantitative estimate of drug-likeness (QED) is 0.818. The van der Waals surface area contributed by atoms with Crippen molar-refractivity contribution in [2.45, 2.75) is 19.3 Å². The molecule has 4 rings (SSSR count). The van der Waals surface area contributed by atoms with E-state index in [0.717, 1.165) is 46.7 Å². The van der Waals surface area contributed by atoms with Gasteiger partial charge >= 0.3 is 6.03 Å². The third kappa shape index (κ3) is 3.41. The molecule has 0 atom stereocenters. The molecule has 0 aliphatic carbocycles. The molecule has 0 saturated carbocycles. The van der Waals surface area contributed by atoms with Crippen molar-refractivity contribution in [3.8, 4) is 11.5 Å². The van der Waals surface area contributed by atoms with Gasteiger partial charge in [-0.15, -0.1) is 0 Å². The molecule has 0 fully saturated rings. The average Bonchev–Trinajstić information content (AvgIpc) is 3.25. The number of fused-ring (bicyclic) bond motifs is 2. The maximum atomic E-state index is 12.4. The van der Waals surface area contributed by atoms with Crippen molar-refractivity contribution < 1.29 is 14.3 Å². The Morgan fingerprint density at radius 3 is 2.81 bits per heavy atom. The van der Waals surface area contributed by atoms with Gasteiger partial charge in [0.2, 0.25) is 0 Å². The monoisotopic (exact) mass is 392 g/mol. The third-order valence-corrected chi connectivity index (χ3v) is 5.17. The van der Waals surface area contributed by atoms with E-state index in [0.29, 0.717) is 36.2 Å². The first-order valence-corrected chi connectivity index (χ1v) is 9.30. The highest BCUT2D eigenvalue weighted by Gasteiger charge is 2.27. The average molecular weight is 393 g/mol. The molecule has 2 N–H and O–H groups in total. The minimum absolute atomic E-state index is 0.270. The largest absolute Gasteiger partial charge is 0.493 e. The highest BCUT2D eigenvalue weighted by atomic mass is 35.5. The van der Waals surface area contributed by atoms with Crippen LogP contribution in [0.2, 0.25) is 10.0 Å². The Labute approximate surface area is 161 Å². The normalized spacial score (nSPS) is 14.2. The number of urea groups is 1. The van der Waals surface area contributed by atoms with Gasteiger partial charge in [0.25, 0.3) is 0 Å². The number of anilines is 1. The molecule has 0 bridgehead atoms. The van der Waals surface area contributed by atoms with Crippen LogP contribution in [0.1, 0.15) is 16.7 Å². The van der Waals surface area contributed by atoms with Gasteiger partial charge in [0, 0.05) is 40.6 Å². The summed E-state index contributed by atoms with van der Waals surface area (Å²) in [4.78, 5) is 12.4. The Kier molecular flexibility index (Phi) is 4.83. The van der Waals surface area contributed by atoms with Crippen molar-refractivity contribution in [1.82, 2.24) is 5.32 Å². The second-order valence-electron chi connectivity index (χ2n) is 6.28. The number of nitrogens with one attached hydrogen (secondary N) is 2. The topological polar surface area (TPSA) is 59.6 Å². The Hall–Kier alpha value is -2.11. The zero-order valence-corrected chi connectivity index (χ0v) is 15.5. The van der Waals surface area contributed by atoms with Crippen LogP contribution in [0.15, 0.2) is 24.3 Å². The van der Waals surface area contributed by atoms with Crippen LogP contribution < -0.4 is 20.1 Å². The molecule has 2 aromatic rings. The second kappa shape index (κ2) is 7.25. The number of benzene rings is 2. The molecule has 0 saturated heterocycles. The number of halogens is 2. The van der Waals surface area contributed by atoms with Crippen molar-refractivity contribution in [2.75, 3.05) is 25.1 Å². The number of amides is 2. The van der Waals surface area contributed by atoms with E-state index in [1.807, 2.05) is 12.1 Å². The van der Waals surface area contributed by atoms with E-state index in [-0.39, 0.29) is 6.03 Å². The molecule has 2 heterocycles. The third-order valence-electron chi connectivity index (χ3n) is 4.58. The van der Waals surface area contributed by atoms with Crippen LogP contribution in [0.3, 0.4) is 0 Å². The highest BCUT2D eigenvalue weighted by molar-refractivity contribution is 6.35. The van der Waals surface area contributed by atoms with Crippen LogP contribution in [0.5, 0.6) is 11.5 Å².